The molecule has 2 atom stereocenters. The molecule has 2 rings (SSSR count). The third-order valence-corrected chi connectivity index (χ3v) is 3.37. The monoisotopic (exact) mass is 329 g/mol. The number of amides is 1. The van der Waals surface area contributed by atoms with Crippen molar-refractivity contribution in [3.8, 4) is 17.2 Å². The van der Waals surface area contributed by atoms with Crippen LogP contribution >= 0.6 is 0 Å². The van der Waals surface area contributed by atoms with Gasteiger partial charge in [-0.3, -0.25) is 4.79 Å². The third-order valence-electron chi connectivity index (χ3n) is 3.37. The first-order valence-corrected chi connectivity index (χ1v) is 7.87. The van der Waals surface area contributed by atoms with E-state index in [9.17, 15) is 4.79 Å². The van der Waals surface area contributed by atoms with Crippen molar-refractivity contribution >= 4 is 5.91 Å². The number of para-hydroxylation sites is 1. The maximum atomic E-state index is 12.1. The van der Waals surface area contributed by atoms with Crippen molar-refractivity contribution in [2.45, 2.75) is 26.0 Å². The molecule has 24 heavy (non-hydrogen) atoms. The number of carbonyl (C=O) groups is 1. The van der Waals surface area contributed by atoms with E-state index >= 15 is 0 Å². The van der Waals surface area contributed by atoms with Gasteiger partial charge in [0.2, 0.25) is 0 Å². The predicted octanol–water partition coefficient (Wildman–Crippen LogP) is 3.05. The fourth-order valence-corrected chi connectivity index (χ4v) is 2.05. The van der Waals surface area contributed by atoms with Gasteiger partial charge in [0.15, 0.2) is 6.10 Å². The zero-order valence-corrected chi connectivity index (χ0v) is 14.2. The third kappa shape index (κ3) is 5.50. The predicted molar refractivity (Wildman–Crippen MR) is 92.6 cm³/mol. The molecule has 1 N–H and O–H groups in total. The quantitative estimate of drug-likeness (QED) is 0.809. The van der Waals surface area contributed by atoms with Crippen LogP contribution in [0.15, 0.2) is 54.6 Å². The van der Waals surface area contributed by atoms with Crippen molar-refractivity contribution in [1.29, 1.82) is 0 Å². The second-order valence-electron chi connectivity index (χ2n) is 5.47. The van der Waals surface area contributed by atoms with Crippen LogP contribution in [0, 0.1) is 0 Å². The summed E-state index contributed by atoms with van der Waals surface area (Å²) in [5.74, 6) is 1.99. The highest BCUT2D eigenvalue weighted by Gasteiger charge is 2.17. The SMILES string of the molecule is COc1ccc(OC[C@@H](C)NC(=O)[C@@H](C)Oc2ccccc2)cc1. The summed E-state index contributed by atoms with van der Waals surface area (Å²) in [4.78, 5) is 12.1. The lowest BCUT2D eigenvalue weighted by atomic mass is 10.3. The molecule has 128 valence electrons. The van der Waals surface area contributed by atoms with Gasteiger partial charge in [-0.15, -0.1) is 0 Å². The van der Waals surface area contributed by atoms with Crippen molar-refractivity contribution in [3.63, 3.8) is 0 Å². The summed E-state index contributed by atoms with van der Waals surface area (Å²) in [6.45, 7) is 3.98. The first-order valence-electron chi connectivity index (χ1n) is 7.87. The molecule has 0 spiro atoms. The average molecular weight is 329 g/mol. The molecular weight excluding hydrogens is 306 g/mol. The normalized spacial score (nSPS) is 12.8. The van der Waals surface area contributed by atoms with Crippen LogP contribution in [0.4, 0.5) is 0 Å². The first-order chi connectivity index (χ1) is 11.6. The summed E-state index contributed by atoms with van der Waals surface area (Å²) in [6, 6.07) is 16.4. The fourth-order valence-electron chi connectivity index (χ4n) is 2.05. The Morgan fingerprint density at radius 2 is 1.58 bits per heavy atom. The van der Waals surface area contributed by atoms with Crippen LogP contribution in [0.2, 0.25) is 0 Å². The van der Waals surface area contributed by atoms with E-state index < -0.39 is 6.10 Å². The maximum absolute atomic E-state index is 12.1. The standard InChI is InChI=1S/C19H23NO4/c1-14(13-23-17-11-9-16(22-3)10-12-17)20-19(21)15(2)24-18-7-5-4-6-8-18/h4-12,14-15H,13H2,1-3H3,(H,20,21)/t14-,15-/m1/s1. The highest BCUT2D eigenvalue weighted by Crippen LogP contribution is 2.17. The Kier molecular flexibility index (Phi) is 6.49. The van der Waals surface area contributed by atoms with Gasteiger partial charge in [0.05, 0.1) is 13.2 Å². The van der Waals surface area contributed by atoms with Crippen LogP contribution in [0.3, 0.4) is 0 Å². The minimum absolute atomic E-state index is 0.138. The Morgan fingerprint density at radius 1 is 0.958 bits per heavy atom. The Bertz CT molecular complexity index is 628. The van der Waals surface area contributed by atoms with E-state index in [2.05, 4.69) is 5.32 Å². The van der Waals surface area contributed by atoms with Crippen LogP contribution in [-0.2, 0) is 4.79 Å². The lowest BCUT2D eigenvalue weighted by Crippen LogP contribution is -2.43. The Morgan fingerprint density at radius 3 is 2.21 bits per heavy atom. The van der Waals surface area contributed by atoms with E-state index in [0.29, 0.717) is 12.4 Å². The van der Waals surface area contributed by atoms with E-state index in [1.54, 1.807) is 14.0 Å². The van der Waals surface area contributed by atoms with Crippen LogP contribution in [-0.4, -0.2) is 31.8 Å². The molecule has 0 unspecified atom stereocenters. The van der Waals surface area contributed by atoms with Crippen molar-refractivity contribution in [1.82, 2.24) is 5.32 Å². The van der Waals surface area contributed by atoms with Gasteiger partial charge >= 0.3 is 0 Å². The zero-order chi connectivity index (χ0) is 17.4. The smallest absolute Gasteiger partial charge is 0.261 e. The topological polar surface area (TPSA) is 56.8 Å². The Balaban J connectivity index is 1.76. The van der Waals surface area contributed by atoms with Crippen LogP contribution in [0.25, 0.3) is 0 Å². The fraction of sp³-hybridized carbons (Fsp3) is 0.316. The molecule has 2 aromatic carbocycles. The largest absolute Gasteiger partial charge is 0.497 e. The van der Waals surface area contributed by atoms with Crippen LogP contribution in [0.5, 0.6) is 17.2 Å². The van der Waals surface area contributed by atoms with Crippen LogP contribution in [0.1, 0.15) is 13.8 Å². The number of rotatable bonds is 8. The van der Waals surface area contributed by atoms with Gasteiger partial charge in [-0.2, -0.15) is 0 Å². The molecule has 0 aromatic heterocycles. The van der Waals surface area contributed by atoms with Gasteiger partial charge in [0, 0.05) is 0 Å². The minimum atomic E-state index is -0.573. The molecule has 0 aliphatic rings. The second kappa shape index (κ2) is 8.82. The lowest BCUT2D eigenvalue weighted by molar-refractivity contribution is -0.128. The number of carbonyl (C=O) groups excluding carboxylic acids is 1. The molecule has 0 fully saturated rings. The molecule has 0 saturated carbocycles. The van der Waals surface area contributed by atoms with Gasteiger partial charge < -0.3 is 19.5 Å². The Hall–Kier alpha value is -2.69. The molecule has 0 radical (unpaired) electrons. The van der Waals surface area contributed by atoms with Crippen molar-refractivity contribution in [3.05, 3.63) is 54.6 Å². The van der Waals surface area contributed by atoms with Crippen molar-refractivity contribution < 1.29 is 19.0 Å². The number of benzene rings is 2. The van der Waals surface area contributed by atoms with Gasteiger partial charge in [0.25, 0.3) is 5.91 Å². The van der Waals surface area contributed by atoms with E-state index in [4.69, 9.17) is 14.2 Å². The number of ether oxygens (including phenoxy) is 3. The number of nitrogens with one attached hydrogen (secondary N) is 1. The number of hydrogen-bond acceptors (Lipinski definition) is 4. The summed E-state index contributed by atoms with van der Waals surface area (Å²) in [5, 5.41) is 2.88. The number of methoxy groups -OCH3 is 1. The lowest BCUT2D eigenvalue weighted by Gasteiger charge is -2.19. The van der Waals surface area contributed by atoms with Gasteiger partial charge in [-0.05, 0) is 50.2 Å². The summed E-state index contributed by atoms with van der Waals surface area (Å²) in [7, 11) is 1.62. The minimum Gasteiger partial charge on any atom is -0.497 e. The van der Waals surface area contributed by atoms with Crippen LogP contribution < -0.4 is 19.5 Å². The van der Waals surface area contributed by atoms with Crippen molar-refractivity contribution in [2.75, 3.05) is 13.7 Å². The molecule has 1 amide bonds. The number of hydrogen-bond donors (Lipinski definition) is 1. The van der Waals surface area contributed by atoms with E-state index in [1.807, 2.05) is 61.5 Å². The zero-order valence-electron chi connectivity index (χ0n) is 14.2. The highest BCUT2D eigenvalue weighted by molar-refractivity contribution is 5.80. The summed E-state index contributed by atoms with van der Waals surface area (Å²) >= 11 is 0. The van der Waals surface area contributed by atoms with Crippen molar-refractivity contribution in [2.24, 2.45) is 0 Å². The molecule has 0 aliphatic heterocycles. The molecule has 0 heterocycles. The molecular formula is C19H23NO4. The molecule has 0 saturated heterocycles. The molecule has 0 aliphatic carbocycles. The summed E-state index contributed by atoms with van der Waals surface area (Å²) < 4.78 is 16.3. The highest BCUT2D eigenvalue weighted by atomic mass is 16.5. The molecule has 0 bridgehead atoms. The molecule has 5 nitrogen and oxygen atoms in total. The average Bonchev–Trinajstić information content (AvgIpc) is 2.61. The summed E-state index contributed by atoms with van der Waals surface area (Å²) in [5.41, 5.74) is 0. The maximum Gasteiger partial charge on any atom is 0.261 e. The summed E-state index contributed by atoms with van der Waals surface area (Å²) in [6.07, 6.45) is -0.573. The van der Waals surface area contributed by atoms with E-state index in [1.165, 1.54) is 0 Å². The molecule has 2 aromatic rings. The van der Waals surface area contributed by atoms with Gasteiger partial charge in [0.1, 0.15) is 23.9 Å². The Labute approximate surface area is 142 Å². The second-order valence-corrected chi connectivity index (χ2v) is 5.47. The molecule has 5 heteroatoms. The van der Waals surface area contributed by atoms with E-state index in [-0.39, 0.29) is 11.9 Å². The van der Waals surface area contributed by atoms with Gasteiger partial charge in [-0.1, -0.05) is 18.2 Å². The van der Waals surface area contributed by atoms with E-state index in [0.717, 1.165) is 11.5 Å². The first kappa shape index (κ1) is 17.7. The van der Waals surface area contributed by atoms with Gasteiger partial charge in [-0.25, -0.2) is 0 Å².